The standard InChI is InChI=1S/C21H23ClF2N2O3/c22-14-4-1-8-26-16(17-5-2-9-29-17)10-13(18(14)26)19(27)15(25)11-20(28)6-3-7-21(23,24)12-20/h1,4,8,10,17,25,28H,2-3,5-7,9,11-12H2. The molecule has 1 saturated heterocycles. The summed E-state index contributed by atoms with van der Waals surface area (Å²) in [6.45, 7) is 0.638. The Morgan fingerprint density at radius 2 is 2.17 bits per heavy atom. The summed E-state index contributed by atoms with van der Waals surface area (Å²) < 4.78 is 35.1. The molecule has 156 valence electrons. The lowest BCUT2D eigenvalue weighted by molar-refractivity contribution is -0.120. The Balaban J connectivity index is 1.65. The quantitative estimate of drug-likeness (QED) is 0.525. The van der Waals surface area contributed by atoms with Gasteiger partial charge in [-0.3, -0.25) is 4.79 Å². The maximum atomic E-state index is 13.8. The van der Waals surface area contributed by atoms with Crippen molar-refractivity contribution in [1.82, 2.24) is 4.40 Å². The molecule has 0 amide bonds. The van der Waals surface area contributed by atoms with E-state index in [0.717, 1.165) is 18.5 Å². The van der Waals surface area contributed by atoms with Crippen molar-refractivity contribution in [2.24, 2.45) is 0 Å². The molecule has 2 atom stereocenters. The second kappa shape index (κ2) is 7.45. The van der Waals surface area contributed by atoms with Crippen LogP contribution >= 0.6 is 11.6 Å². The minimum Gasteiger partial charge on any atom is -0.389 e. The third-order valence-electron chi connectivity index (χ3n) is 5.83. The molecule has 3 heterocycles. The van der Waals surface area contributed by atoms with E-state index in [1.807, 2.05) is 0 Å². The number of halogens is 3. The summed E-state index contributed by atoms with van der Waals surface area (Å²) in [5, 5.41) is 19.2. The molecule has 29 heavy (non-hydrogen) atoms. The number of Topliss-reactive ketones (excluding diaryl/α,β-unsaturated/α-hetero) is 1. The van der Waals surface area contributed by atoms with E-state index < -0.39 is 35.9 Å². The first-order valence-electron chi connectivity index (χ1n) is 9.83. The number of ether oxygens (including phenoxy) is 1. The number of hydrogen-bond donors (Lipinski definition) is 2. The van der Waals surface area contributed by atoms with Crippen LogP contribution in [-0.2, 0) is 4.74 Å². The Hall–Kier alpha value is -1.83. The monoisotopic (exact) mass is 424 g/mol. The van der Waals surface area contributed by atoms with E-state index >= 15 is 0 Å². The van der Waals surface area contributed by atoms with Crippen molar-refractivity contribution in [3.8, 4) is 0 Å². The molecular formula is C21H23ClF2N2O3. The number of aromatic nitrogens is 1. The number of fused-ring (bicyclic) bond motifs is 1. The molecule has 1 aliphatic carbocycles. The maximum absolute atomic E-state index is 13.8. The predicted octanol–water partition coefficient (Wildman–Crippen LogP) is 4.98. The van der Waals surface area contributed by atoms with E-state index in [4.69, 9.17) is 21.7 Å². The molecule has 2 fully saturated rings. The lowest BCUT2D eigenvalue weighted by Gasteiger charge is -2.36. The molecule has 2 aromatic heterocycles. The van der Waals surface area contributed by atoms with Crippen LogP contribution < -0.4 is 0 Å². The smallest absolute Gasteiger partial charge is 0.250 e. The van der Waals surface area contributed by atoms with Crippen LogP contribution in [-0.4, -0.2) is 39.1 Å². The van der Waals surface area contributed by atoms with E-state index in [0.29, 0.717) is 17.1 Å². The number of hydrogen-bond acceptors (Lipinski definition) is 4. The number of nitrogens with one attached hydrogen (secondary N) is 1. The number of alkyl halides is 2. The lowest BCUT2D eigenvalue weighted by Crippen LogP contribution is -2.43. The number of ketones is 1. The Morgan fingerprint density at radius 1 is 1.38 bits per heavy atom. The van der Waals surface area contributed by atoms with Crippen molar-refractivity contribution in [3.63, 3.8) is 0 Å². The molecule has 2 aliphatic rings. The van der Waals surface area contributed by atoms with E-state index in [1.165, 1.54) is 0 Å². The van der Waals surface area contributed by atoms with E-state index in [-0.39, 0.29) is 30.9 Å². The van der Waals surface area contributed by atoms with Gasteiger partial charge in [0.1, 0.15) is 0 Å². The fraction of sp³-hybridized carbons (Fsp3) is 0.524. The molecule has 1 aliphatic heterocycles. The highest BCUT2D eigenvalue weighted by Gasteiger charge is 2.45. The Morgan fingerprint density at radius 3 is 2.86 bits per heavy atom. The summed E-state index contributed by atoms with van der Waals surface area (Å²) >= 11 is 6.35. The zero-order valence-electron chi connectivity index (χ0n) is 15.9. The summed E-state index contributed by atoms with van der Waals surface area (Å²) in [5.41, 5.74) is -0.659. The van der Waals surface area contributed by atoms with Crippen LogP contribution in [0, 0.1) is 5.41 Å². The van der Waals surface area contributed by atoms with Gasteiger partial charge in [-0.05, 0) is 43.9 Å². The highest BCUT2D eigenvalue weighted by Crippen LogP contribution is 2.41. The van der Waals surface area contributed by atoms with Crippen LogP contribution in [0.1, 0.15) is 67.1 Å². The summed E-state index contributed by atoms with van der Waals surface area (Å²) in [6.07, 6.45) is 2.25. The average molecular weight is 425 g/mol. The summed E-state index contributed by atoms with van der Waals surface area (Å²) in [5.74, 6) is -3.59. The van der Waals surface area contributed by atoms with Crippen LogP contribution in [0.15, 0.2) is 24.4 Å². The van der Waals surface area contributed by atoms with Crippen LogP contribution in [0.4, 0.5) is 8.78 Å². The average Bonchev–Trinajstić information content (AvgIpc) is 3.27. The first-order valence-corrected chi connectivity index (χ1v) is 10.2. The lowest BCUT2D eigenvalue weighted by atomic mass is 9.78. The molecular weight excluding hydrogens is 402 g/mol. The number of pyridine rings is 1. The van der Waals surface area contributed by atoms with Gasteiger partial charge in [-0.1, -0.05) is 11.6 Å². The molecule has 0 spiro atoms. The van der Waals surface area contributed by atoms with Gasteiger partial charge in [-0.25, -0.2) is 8.78 Å². The van der Waals surface area contributed by atoms with Gasteiger partial charge in [0.25, 0.3) is 5.92 Å². The highest BCUT2D eigenvalue weighted by atomic mass is 35.5. The second-order valence-electron chi connectivity index (χ2n) is 8.15. The van der Waals surface area contributed by atoms with Crippen LogP contribution in [0.5, 0.6) is 0 Å². The van der Waals surface area contributed by atoms with Crippen LogP contribution in [0.3, 0.4) is 0 Å². The largest absolute Gasteiger partial charge is 0.389 e. The SMILES string of the molecule is N=C(CC1(O)CCCC(F)(F)C1)C(=O)c1cc(C2CCCO2)n2cccc(Cl)c12. The Kier molecular flexibility index (Phi) is 5.25. The number of nitrogens with zero attached hydrogens (tertiary/aromatic N) is 1. The fourth-order valence-electron chi connectivity index (χ4n) is 4.53. The molecule has 0 aromatic carbocycles. The van der Waals surface area contributed by atoms with Crippen molar-refractivity contribution in [2.45, 2.75) is 62.6 Å². The summed E-state index contributed by atoms with van der Waals surface area (Å²) in [6, 6.07) is 5.10. The molecule has 0 bridgehead atoms. The predicted molar refractivity (Wildman–Crippen MR) is 105 cm³/mol. The number of carbonyl (C=O) groups is 1. The number of carbonyl (C=O) groups excluding carboxylic acids is 1. The molecule has 8 heteroatoms. The van der Waals surface area contributed by atoms with Gasteiger partial charge in [-0.15, -0.1) is 0 Å². The minimum atomic E-state index is -2.98. The van der Waals surface area contributed by atoms with Gasteiger partial charge in [0, 0.05) is 32.1 Å². The van der Waals surface area contributed by atoms with E-state index in [2.05, 4.69) is 0 Å². The normalized spacial score (nSPS) is 26.7. The molecule has 4 rings (SSSR count). The molecule has 2 aromatic rings. The zero-order valence-corrected chi connectivity index (χ0v) is 16.6. The fourth-order valence-corrected chi connectivity index (χ4v) is 4.80. The van der Waals surface area contributed by atoms with Gasteiger partial charge in [-0.2, -0.15) is 0 Å². The third-order valence-corrected chi connectivity index (χ3v) is 6.13. The van der Waals surface area contributed by atoms with Crippen molar-refractivity contribution in [1.29, 1.82) is 5.41 Å². The van der Waals surface area contributed by atoms with Gasteiger partial charge < -0.3 is 19.7 Å². The van der Waals surface area contributed by atoms with Crippen molar-refractivity contribution < 1.29 is 23.4 Å². The number of aliphatic hydroxyl groups is 1. The van der Waals surface area contributed by atoms with Gasteiger partial charge >= 0.3 is 0 Å². The first-order chi connectivity index (χ1) is 13.7. The number of rotatable bonds is 5. The van der Waals surface area contributed by atoms with Gasteiger partial charge in [0.15, 0.2) is 0 Å². The second-order valence-corrected chi connectivity index (χ2v) is 8.56. The van der Waals surface area contributed by atoms with Gasteiger partial charge in [0.2, 0.25) is 5.78 Å². The highest BCUT2D eigenvalue weighted by molar-refractivity contribution is 6.47. The molecule has 1 saturated carbocycles. The van der Waals surface area contributed by atoms with Crippen molar-refractivity contribution >= 4 is 28.6 Å². The van der Waals surface area contributed by atoms with Crippen molar-refractivity contribution in [3.05, 3.63) is 40.7 Å². The van der Waals surface area contributed by atoms with E-state index in [1.54, 1.807) is 28.8 Å². The maximum Gasteiger partial charge on any atom is 0.250 e. The topological polar surface area (TPSA) is 74.8 Å². The third kappa shape index (κ3) is 3.96. The molecule has 2 unspecified atom stereocenters. The first kappa shape index (κ1) is 20.4. The van der Waals surface area contributed by atoms with Crippen LogP contribution in [0.25, 0.3) is 5.52 Å². The summed E-state index contributed by atoms with van der Waals surface area (Å²) in [4.78, 5) is 13.1. The summed E-state index contributed by atoms with van der Waals surface area (Å²) in [7, 11) is 0. The Bertz CT molecular complexity index is 968. The van der Waals surface area contributed by atoms with Gasteiger partial charge in [0.05, 0.1) is 39.2 Å². The van der Waals surface area contributed by atoms with E-state index in [9.17, 15) is 18.7 Å². The Labute approximate surface area is 172 Å². The molecule has 2 N–H and O–H groups in total. The minimum absolute atomic E-state index is 0.149. The van der Waals surface area contributed by atoms with Crippen molar-refractivity contribution in [2.75, 3.05) is 6.61 Å². The molecule has 5 nitrogen and oxygen atoms in total. The molecule has 0 radical (unpaired) electrons. The van der Waals surface area contributed by atoms with Crippen LogP contribution in [0.2, 0.25) is 5.02 Å². The zero-order chi connectivity index (χ0) is 20.8.